The highest BCUT2D eigenvalue weighted by Gasteiger charge is 2.19. The van der Waals surface area contributed by atoms with Crippen LogP contribution >= 0.6 is 12.4 Å². The molecule has 1 saturated heterocycles. The summed E-state index contributed by atoms with van der Waals surface area (Å²) < 4.78 is 21.7. The molecule has 0 spiro atoms. The second-order valence-corrected chi connectivity index (χ2v) is 6.50. The normalized spacial score (nSPS) is 14.2. The van der Waals surface area contributed by atoms with Gasteiger partial charge in [0.05, 0.1) is 28.4 Å². The summed E-state index contributed by atoms with van der Waals surface area (Å²) in [5.74, 6) is 2.92. The quantitative estimate of drug-likeness (QED) is 0.699. The molecule has 0 bridgehead atoms. The van der Waals surface area contributed by atoms with Crippen LogP contribution in [0.1, 0.15) is 5.56 Å². The van der Waals surface area contributed by atoms with E-state index in [-0.39, 0.29) is 12.4 Å². The van der Waals surface area contributed by atoms with Gasteiger partial charge >= 0.3 is 0 Å². The van der Waals surface area contributed by atoms with Crippen molar-refractivity contribution in [1.29, 1.82) is 0 Å². The van der Waals surface area contributed by atoms with Crippen molar-refractivity contribution in [2.45, 2.75) is 6.54 Å². The molecule has 2 aromatic rings. The van der Waals surface area contributed by atoms with Crippen molar-refractivity contribution in [2.75, 3.05) is 59.5 Å². The van der Waals surface area contributed by atoms with Gasteiger partial charge in [0.2, 0.25) is 5.75 Å². The van der Waals surface area contributed by atoms with Gasteiger partial charge in [-0.3, -0.25) is 4.90 Å². The average molecular weight is 409 g/mol. The van der Waals surface area contributed by atoms with Gasteiger partial charge in [0, 0.05) is 44.5 Å². The summed E-state index contributed by atoms with van der Waals surface area (Å²) in [6.45, 7) is 4.81. The van der Waals surface area contributed by atoms with Gasteiger partial charge in [0.25, 0.3) is 0 Å². The van der Waals surface area contributed by atoms with Crippen molar-refractivity contribution in [1.82, 2.24) is 4.90 Å². The van der Waals surface area contributed by atoms with E-state index in [2.05, 4.69) is 21.9 Å². The number of ether oxygens (including phenoxy) is 4. The average Bonchev–Trinajstić information content (AvgIpc) is 2.73. The van der Waals surface area contributed by atoms with Crippen LogP contribution in [0.5, 0.6) is 23.0 Å². The molecule has 0 radical (unpaired) electrons. The Hall–Kier alpha value is -2.31. The largest absolute Gasteiger partial charge is 0.497 e. The molecule has 0 amide bonds. The fourth-order valence-corrected chi connectivity index (χ4v) is 3.46. The first-order valence-electron chi connectivity index (χ1n) is 9.08. The Morgan fingerprint density at radius 3 is 1.96 bits per heavy atom. The molecule has 0 saturated carbocycles. The highest BCUT2D eigenvalue weighted by atomic mass is 35.5. The molecule has 0 aromatic heterocycles. The molecule has 2 aromatic carbocycles. The summed E-state index contributed by atoms with van der Waals surface area (Å²) in [5.41, 5.74) is 2.36. The first kappa shape index (κ1) is 22.0. The van der Waals surface area contributed by atoms with Crippen LogP contribution in [0.3, 0.4) is 0 Å². The van der Waals surface area contributed by atoms with Gasteiger partial charge in [-0.25, -0.2) is 0 Å². The number of hydrogen-bond donors (Lipinski definition) is 0. The van der Waals surface area contributed by atoms with E-state index in [0.29, 0.717) is 17.2 Å². The van der Waals surface area contributed by atoms with Gasteiger partial charge in [-0.1, -0.05) is 6.07 Å². The zero-order valence-electron chi connectivity index (χ0n) is 16.9. The molecule has 0 aliphatic carbocycles. The fourth-order valence-electron chi connectivity index (χ4n) is 3.46. The van der Waals surface area contributed by atoms with Crippen LogP contribution in [0.15, 0.2) is 36.4 Å². The third kappa shape index (κ3) is 4.94. The molecular formula is C21H29ClN2O4. The summed E-state index contributed by atoms with van der Waals surface area (Å²) in [6, 6.07) is 12.3. The van der Waals surface area contributed by atoms with E-state index >= 15 is 0 Å². The highest BCUT2D eigenvalue weighted by Crippen LogP contribution is 2.38. The van der Waals surface area contributed by atoms with Gasteiger partial charge in [-0.2, -0.15) is 0 Å². The Kier molecular flexibility index (Phi) is 8.08. The van der Waals surface area contributed by atoms with Crippen molar-refractivity contribution in [2.24, 2.45) is 0 Å². The molecular weight excluding hydrogens is 380 g/mol. The van der Waals surface area contributed by atoms with Gasteiger partial charge < -0.3 is 23.8 Å². The van der Waals surface area contributed by atoms with Crippen molar-refractivity contribution in [3.63, 3.8) is 0 Å². The lowest BCUT2D eigenvalue weighted by Crippen LogP contribution is -2.45. The van der Waals surface area contributed by atoms with Gasteiger partial charge in [0.1, 0.15) is 5.75 Å². The minimum atomic E-state index is 0. The minimum absolute atomic E-state index is 0. The molecule has 3 rings (SSSR count). The number of methoxy groups -OCH3 is 4. The Morgan fingerprint density at radius 1 is 0.786 bits per heavy atom. The Balaban J connectivity index is 0.00000280. The van der Waals surface area contributed by atoms with Crippen LogP contribution in [0.4, 0.5) is 5.69 Å². The van der Waals surface area contributed by atoms with Gasteiger partial charge in [-0.15, -0.1) is 12.4 Å². The Morgan fingerprint density at radius 2 is 1.43 bits per heavy atom. The summed E-state index contributed by atoms with van der Waals surface area (Å²) in [5, 5.41) is 0. The van der Waals surface area contributed by atoms with Gasteiger partial charge in [-0.05, 0) is 29.8 Å². The van der Waals surface area contributed by atoms with Crippen LogP contribution in [-0.4, -0.2) is 59.5 Å². The van der Waals surface area contributed by atoms with Crippen LogP contribution < -0.4 is 23.8 Å². The SMILES string of the molecule is COc1cccc(N2CCN(Cc3cc(OC)c(OC)c(OC)c3)CC2)c1.Cl. The molecule has 1 heterocycles. The predicted molar refractivity (Wildman–Crippen MR) is 114 cm³/mol. The van der Waals surface area contributed by atoms with E-state index in [4.69, 9.17) is 18.9 Å². The number of rotatable bonds is 7. The number of benzene rings is 2. The van der Waals surface area contributed by atoms with E-state index in [1.165, 1.54) is 5.69 Å². The number of anilines is 1. The number of halogens is 1. The van der Waals surface area contributed by atoms with E-state index in [1.54, 1.807) is 28.4 Å². The summed E-state index contributed by atoms with van der Waals surface area (Å²) >= 11 is 0. The maximum absolute atomic E-state index is 5.46. The maximum Gasteiger partial charge on any atom is 0.203 e. The molecule has 1 fully saturated rings. The second-order valence-electron chi connectivity index (χ2n) is 6.50. The monoisotopic (exact) mass is 408 g/mol. The number of nitrogens with zero attached hydrogens (tertiary/aromatic N) is 2. The standard InChI is InChI=1S/C21H28N2O4.ClH/c1-24-18-7-5-6-17(14-18)23-10-8-22(9-11-23)15-16-12-19(25-2)21(27-4)20(13-16)26-3;/h5-7,12-14H,8-11,15H2,1-4H3;1H. The second kappa shape index (κ2) is 10.3. The lowest BCUT2D eigenvalue weighted by molar-refractivity contribution is 0.248. The van der Waals surface area contributed by atoms with Crippen LogP contribution in [-0.2, 0) is 6.54 Å². The molecule has 7 heteroatoms. The van der Waals surface area contributed by atoms with Crippen LogP contribution in [0, 0.1) is 0 Å². The fraction of sp³-hybridized carbons (Fsp3) is 0.429. The molecule has 0 N–H and O–H groups in total. The molecule has 28 heavy (non-hydrogen) atoms. The van der Waals surface area contributed by atoms with E-state index in [0.717, 1.165) is 44.0 Å². The zero-order valence-corrected chi connectivity index (χ0v) is 17.8. The topological polar surface area (TPSA) is 43.4 Å². The smallest absolute Gasteiger partial charge is 0.203 e. The van der Waals surface area contributed by atoms with E-state index in [9.17, 15) is 0 Å². The van der Waals surface area contributed by atoms with E-state index < -0.39 is 0 Å². The first-order chi connectivity index (χ1) is 13.2. The van der Waals surface area contributed by atoms with Crippen molar-refractivity contribution in [3.05, 3.63) is 42.0 Å². The Bertz CT molecular complexity index is 739. The third-order valence-corrected chi connectivity index (χ3v) is 4.92. The summed E-state index contributed by atoms with van der Waals surface area (Å²) in [7, 11) is 6.62. The Labute approximate surface area is 173 Å². The molecule has 0 atom stereocenters. The third-order valence-electron chi connectivity index (χ3n) is 4.92. The number of piperazine rings is 1. The predicted octanol–water partition coefficient (Wildman–Crippen LogP) is 3.47. The molecule has 1 aliphatic rings. The molecule has 0 unspecified atom stereocenters. The molecule has 6 nitrogen and oxygen atoms in total. The molecule has 154 valence electrons. The van der Waals surface area contributed by atoms with Crippen molar-refractivity contribution < 1.29 is 18.9 Å². The van der Waals surface area contributed by atoms with Gasteiger partial charge in [0.15, 0.2) is 11.5 Å². The summed E-state index contributed by atoms with van der Waals surface area (Å²) in [4.78, 5) is 4.84. The van der Waals surface area contributed by atoms with Crippen molar-refractivity contribution in [3.8, 4) is 23.0 Å². The maximum atomic E-state index is 5.46. The summed E-state index contributed by atoms with van der Waals surface area (Å²) in [6.07, 6.45) is 0. The zero-order chi connectivity index (χ0) is 19.2. The van der Waals surface area contributed by atoms with Crippen LogP contribution in [0.25, 0.3) is 0 Å². The van der Waals surface area contributed by atoms with E-state index in [1.807, 2.05) is 24.3 Å². The molecule has 1 aliphatic heterocycles. The van der Waals surface area contributed by atoms with Crippen molar-refractivity contribution >= 4 is 18.1 Å². The lowest BCUT2D eigenvalue weighted by atomic mass is 10.1. The number of hydrogen-bond acceptors (Lipinski definition) is 6. The highest BCUT2D eigenvalue weighted by molar-refractivity contribution is 5.85. The minimum Gasteiger partial charge on any atom is -0.497 e. The first-order valence-corrected chi connectivity index (χ1v) is 9.08. The lowest BCUT2D eigenvalue weighted by Gasteiger charge is -2.36. The van der Waals surface area contributed by atoms with Crippen LogP contribution in [0.2, 0.25) is 0 Å².